The predicted molar refractivity (Wildman–Crippen MR) is 82.8 cm³/mol. The Morgan fingerprint density at radius 3 is 2.71 bits per heavy atom. The minimum absolute atomic E-state index is 0.221. The molecule has 0 unspecified atom stereocenters. The van der Waals surface area contributed by atoms with Crippen molar-refractivity contribution in [3.05, 3.63) is 0 Å². The highest BCUT2D eigenvalue weighted by Gasteiger charge is 2.16. The molecule has 1 aliphatic rings. The van der Waals surface area contributed by atoms with Gasteiger partial charge in [-0.25, -0.2) is 0 Å². The Morgan fingerprint density at radius 1 is 1.29 bits per heavy atom. The fourth-order valence-electron chi connectivity index (χ4n) is 2.09. The number of piperidine rings is 1. The Kier molecular flexibility index (Phi) is 6.04. The number of ether oxygens (including phenoxy) is 1. The van der Waals surface area contributed by atoms with Gasteiger partial charge in [0.1, 0.15) is 0 Å². The molecule has 0 spiro atoms. The summed E-state index contributed by atoms with van der Waals surface area (Å²) in [5.41, 5.74) is 0. The number of thioether (sulfide) groups is 1. The van der Waals surface area contributed by atoms with Crippen LogP contribution >= 0.6 is 11.8 Å². The summed E-state index contributed by atoms with van der Waals surface area (Å²) in [6.07, 6.45) is 3.96. The third-order valence-electron chi connectivity index (χ3n) is 3.23. The number of hydrogen-bond donors (Lipinski definition) is 1. The van der Waals surface area contributed by atoms with Crippen molar-refractivity contribution in [2.75, 3.05) is 43.2 Å². The summed E-state index contributed by atoms with van der Waals surface area (Å²) in [5.74, 6) is 1.65. The van der Waals surface area contributed by atoms with Crippen molar-refractivity contribution >= 4 is 29.6 Å². The third kappa shape index (κ3) is 4.73. The first-order chi connectivity index (χ1) is 10.2. The van der Waals surface area contributed by atoms with Crippen LogP contribution in [0.3, 0.4) is 0 Å². The number of carbonyl (C=O) groups is 1. The maximum atomic E-state index is 11.1. The van der Waals surface area contributed by atoms with E-state index in [2.05, 4.69) is 29.9 Å². The second-order valence-corrected chi connectivity index (χ2v) is 5.78. The van der Waals surface area contributed by atoms with Crippen LogP contribution in [0, 0.1) is 0 Å². The molecule has 8 heteroatoms. The normalized spacial score (nSPS) is 14.9. The summed E-state index contributed by atoms with van der Waals surface area (Å²) < 4.78 is 4.63. The Hall–Kier alpha value is -1.57. The molecular weight excluding hydrogens is 290 g/mol. The summed E-state index contributed by atoms with van der Waals surface area (Å²) in [6.45, 7) is 1.97. The molecule has 7 nitrogen and oxygen atoms in total. The van der Waals surface area contributed by atoms with E-state index in [0.29, 0.717) is 23.3 Å². The number of hydrogen-bond acceptors (Lipinski definition) is 8. The van der Waals surface area contributed by atoms with Gasteiger partial charge in [-0.15, -0.1) is 0 Å². The number of carbonyl (C=O) groups excluding carboxylic acids is 1. The zero-order chi connectivity index (χ0) is 15.1. The molecule has 0 bridgehead atoms. The second kappa shape index (κ2) is 8.02. The molecule has 0 atom stereocenters. The summed E-state index contributed by atoms with van der Waals surface area (Å²) in [5, 5.41) is 3.60. The predicted octanol–water partition coefficient (Wildman–Crippen LogP) is 1.56. The molecule has 21 heavy (non-hydrogen) atoms. The van der Waals surface area contributed by atoms with Crippen molar-refractivity contribution in [3.63, 3.8) is 0 Å². The Balaban J connectivity index is 2.04. The largest absolute Gasteiger partial charge is 0.469 e. The Morgan fingerprint density at radius 2 is 2.05 bits per heavy atom. The van der Waals surface area contributed by atoms with Gasteiger partial charge in [-0.1, -0.05) is 11.8 Å². The fraction of sp³-hybridized carbons (Fsp3) is 0.692. The Bertz CT molecular complexity index is 480. The molecule has 1 fully saturated rings. The van der Waals surface area contributed by atoms with Gasteiger partial charge >= 0.3 is 5.97 Å². The van der Waals surface area contributed by atoms with Gasteiger partial charge in [-0.3, -0.25) is 4.79 Å². The minimum atomic E-state index is -0.221. The number of aromatic nitrogens is 3. The van der Waals surface area contributed by atoms with Gasteiger partial charge in [0.05, 0.1) is 13.5 Å². The molecule has 0 radical (unpaired) electrons. The first-order valence-corrected chi connectivity index (χ1v) is 8.10. The van der Waals surface area contributed by atoms with E-state index in [-0.39, 0.29) is 5.97 Å². The second-order valence-electron chi connectivity index (χ2n) is 4.71. The highest BCUT2D eigenvalue weighted by atomic mass is 32.2. The van der Waals surface area contributed by atoms with Gasteiger partial charge in [0.15, 0.2) is 5.16 Å². The molecule has 116 valence electrons. The van der Waals surface area contributed by atoms with Gasteiger partial charge in [0.2, 0.25) is 11.9 Å². The summed E-state index contributed by atoms with van der Waals surface area (Å²) in [6, 6.07) is 0. The lowest BCUT2D eigenvalue weighted by Crippen LogP contribution is -2.31. The van der Waals surface area contributed by atoms with E-state index in [9.17, 15) is 4.79 Å². The van der Waals surface area contributed by atoms with E-state index in [0.717, 1.165) is 19.0 Å². The molecule has 1 saturated heterocycles. The van der Waals surface area contributed by atoms with Gasteiger partial charge < -0.3 is 15.0 Å². The van der Waals surface area contributed by atoms with Crippen molar-refractivity contribution in [2.45, 2.75) is 30.8 Å². The standard InChI is InChI=1S/C13H21N5O2S/c1-14-11-15-12(18-7-4-3-5-8-18)17-13(16-11)21-9-6-10(19)20-2/h3-9H2,1-2H3,(H,14,15,16,17). The van der Waals surface area contributed by atoms with Crippen LogP contribution in [-0.4, -0.2) is 53.9 Å². The lowest BCUT2D eigenvalue weighted by atomic mass is 10.1. The lowest BCUT2D eigenvalue weighted by molar-refractivity contribution is -0.140. The molecule has 2 rings (SSSR count). The molecule has 0 aliphatic carbocycles. The van der Waals surface area contributed by atoms with Gasteiger partial charge in [0, 0.05) is 25.9 Å². The summed E-state index contributed by atoms with van der Waals surface area (Å²) in [7, 11) is 3.18. The topological polar surface area (TPSA) is 80.2 Å². The van der Waals surface area contributed by atoms with E-state index in [4.69, 9.17) is 0 Å². The van der Waals surface area contributed by atoms with Crippen molar-refractivity contribution in [3.8, 4) is 0 Å². The van der Waals surface area contributed by atoms with E-state index in [1.54, 1.807) is 7.05 Å². The average Bonchev–Trinajstić information content (AvgIpc) is 2.55. The highest BCUT2D eigenvalue weighted by Crippen LogP contribution is 2.21. The van der Waals surface area contributed by atoms with Crippen LogP contribution in [0.25, 0.3) is 0 Å². The van der Waals surface area contributed by atoms with Crippen molar-refractivity contribution in [2.24, 2.45) is 0 Å². The van der Waals surface area contributed by atoms with Crippen LogP contribution in [0.4, 0.5) is 11.9 Å². The quantitative estimate of drug-likeness (QED) is 0.626. The number of esters is 1. The van der Waals surface area contributed by atoms with Gasteiger partial charge in [-0.05, 0) is 19.3 Å². The third-order valence-corrected chi connectivity index (χ3v) is 4.08. The van der Waals surface area contributed by atoms with Gasteiger partial charge in [0.25, 0.3) is 0 Å². The van der Waals surface area contributed by atoms with Crippen LogP contribution in [0.15, 0.2) is 5.16 Å². The molecule has 1 aromatic rings. The maximum Gasteiger partial charge on any atom is 0.306 e. The van der Waals surface area contributed by atoms with Crippen molar-refractivity contribution < 1.29 is 9.53 Å². The van der Waals surface area contributed by atoms with E-state index < -0.39 is 0 Å². The van der Waals surface area contributed by atoms with E-state index in [1.807, 2.05) is 0 Å². The summed E-state index contributed by atoms with van der Waals surface area (Å²) in [4.78, 5) is 26.6. The van der Waals surface area contributed by atoms with Crippen LogP contribution < -0.4 is 10.2 Å². The number of rotatable bonds is 6. The summed E-state index contributed by atoms with van der Waals surface area (Å²) >= 11 is 1.44. The lowest BCUT2D eigenvalue weighted by Gasteiger charge is -2.26. The zero-order valence-corrected chi connectivity index (χ0v) is 13.3. The van der Waals surface area contributed by atoms with E-state index in [1.165, 1.54) is 38.1 Å². The number of methoxy groups -OCH3 is 1. The van der Waals surface area contributed by atoms with Gasteiger partial charge in [-0.2, -0.15) is 15.0 Å². The fourth-order valence-corrected chi connectivity index (χ4v) is 2.83. The van der Waals surface area contributed by atoms with Crippen LogP contribution in [0.2, 0.25) is 0 Å². The van der Waals surface area contributed by atoms with Crippen molar-refractivity contribution in [1.29, 1.82) is 0 Å². The van der Waals surface area contributed by atoms with Crippen molar-refractivity contribution in [1.82, 2.24) is 15.0 Å². The Labute approximate surface area is 128 Å². The SMILES string of the molecule is CNc1nc(SCCC(=O)OC)nc(N2CCCCC2)n1. The molecule has 2 heterocycles. The molecule has 0 saturated carbocycles. The molecule has 1 aliphatic heterocycles. The average molecular weight is 311 g/mol. The molecule has 0 amide bonds. The monoisotopic (exact) mass is 311 g/mol. The first-order valence-electron chi connectivity index (χ1n) is 7.11. The van der Waals surface area contributed by atoms with Crippen LogP contribution in [0.1, 0.15) is 25.7 Å². The smallest absolute Gasteiger partial charge is 0.306 e. The molecule has 1 N–H and O–H groups in total. The molecule has 0 aromatic carbocycles. The maximum absolute atomic E-state index is 11.1. The number of anilines is 2. The zero-order valence-electron chi connectivity index (χ0n) is 12.5. The van der Waals surface area contributed by atoms with Crippen LogP contribution in [-0.2, 0) is 9.53 Å². The molecule has 1 aromatic heterocycles. The number of nitrogens with one attached hydrogen (secondary N) is 1. The number of nitrogens with zero attached hydrogens (tertiary/aromatic N) is 4. The van der Waals surface area contributed by atoms with Crippen LogP contribution in [0.5, 0.6) is 0 Å². The highest BCUT2D eigenvalue weighted by molar-refractivity contribution is 7.99. The van der Waals surface area contributed by atoms with E-state index >= 15 is 0 Å². The minimum Gasteiger partial charge on any atom is -0.469 e. The molecular formula is C13H21N5O2S. The first kappa shape index (κ1) is 15.8.